The van der Waals surface area contributed by atoms with E-state index in [0.717, 1.165) is 45.1 Å². The van der Waals surface area contributed by atoms with E-state index in [-0.39, 0.29) is 61.4 Å². The van der Waals surface area contributed by atoms with Gasteiger partial charge in [-0.05, 0) is 96.4 Å². The second kappa shape index (κ2) is 16.8. The number of Topliss-reactive ketones (excluding diaryl/α,β-unsaturated/α-hetero) is 1. The molecular formula is C42H69N4O9+. The van der Waals surface area contributed by atoms with Gasteiger partial charge in [0.05, 0.1) is 62.4 Å². The number of piperidine rings is 2. The van der Waals surface area contributed by atoms with Crippen LogP contribution in [0.4, 0.5) is 0 Å². The molecule has 13 heteroatoms. The largest absolute Gasteiger partial charge is 0.456 e. The number of quaternary nitrogens is 1. The molecule has 3 aliphatic carbocycles. The lowest BCUT2D eigenvalue weighted by molar-refractivity contribution is -0.703. The highest BCUT2D eigenvalue weighted by Crippen LogP contribution is 2.62. The van der Waals surface area contributed by atoms with Crippen molar-refractivity contribution in [2.24, 2.45) is 64.2 Å². The van der Waals surface area contributed by atoms with Crippen LogP contribution in [0.15, 0.2) is 23.8 Å². The van der Waals surface area contributed by atoms with Gasteiger partial charge in [0.25, 0.3) is 0 Å². The topological polar surface area (TPSA) is 223 Å². The Labute approximate surface area is 326 Å². The van der Waals surface area contributed by atoms with Crippen molar-refractivity contribution < 1.29 is 49.5 Å². The summed E-state index contributed by atoms with van der Waals surface area (Å²) >= 11 is 0. The van der Waals surface area contributed by atoms with Crippen molar-refractivity contribution in [3.63, 3.8) is 0 Å². The third-order valence-electron chi connectivity index (χ3n) is 15.6. The van der Waals surface area contributed by atoms with Gasteiger partial charge in [-0.25, -0.2) is 4.79 Å². The maximum atomic E-state index is 14.2. The fourth-order valence-corrected chi connectivity index (χ4v) is 12.4. The molecule has 0 amide bonds. The van der Waals surface area contributed by atoms with Gasteiger partial charge in [0.1, 0.15) is 23.7 Å². The van der Waals surface area contributed by atoms with Crippen molar-refractivity contribution in [1.82, 2.24) is 5.32 Å². The average molecular weight is 774 g/mol. The van der Waals surface area contributed by atoms with Crippen LogP contribution in [0.3, 0.4) is 0 Å². The number of aliphatic hydroxyl groups excluding tert-OH is 4. The van der Waals surface area contributed by atoms with Crippen LogP contribution < -0.4 is 22.1 Å². The number of aliphatic hydroxyl groups is 4. The van der Waals surface area contributed by atoms with Crippen molar-refractivity contribution in [2.75, 3.05) is 26.3 Å². The minimum atomic E-state index is -1.13. The number of hydrogen-bond donors (Lipinski definition) is 8. The second-order valence-corrected chi connectivity index (χ2v) is 18.6. The zero-order chi connectivity index (χ0) is 39.2. The van der Waals surface area contributed by atoms with Gasteiger partial charge in [0, 0.05) is 47.5 Å². The van der Waals surface area contributed by atoms with Crippen molar-refractivity contribution in [1.29, 1.82) is 0 Å². The van der Waals surface area contributed by atoms with Gasteiger partial charge in [-0.2, -0.15) is 0 Å². The molecule has 18 atom stereocenters. The Bertz CT molecular complexity index is 1440. The fourth-order valence-electron chi connectivity index (χ4n) is 12.4. The Morgan fingerprint density at radius 1 is 1.11 bits per heavy atom. The summed E-state index contributed by atoms with van der Waals surface area (Å²) in [5.41, 5.74) is 11.8. The van der Waals surface area contributed by atoms with E-state index in [0.29, 0.717) is 43.7 Å². The summed E-state index contributed by atoms with van der Waals surface area (Å²) in [6, 6.07) is 0. The smallest absolute Gasteiger partial charge is 0.333 e. The van der Waals surface area contributed by atoms with Gasteiger partial charge in [0.2, 0.25) is 0 Å². The Morgan fingerprint density at radius 2 is 1.91 bits per heavy atom. The summed E-state index contributed by atoms with van der Waals surface area (Å²) in [5, 5.41) is 51.3. The Balaban J connectivity index is 1.35. The van der Waals surface area contributed by atoms with Crippen LogP contribution in [0.5, 0.6) is 0 Å². The quantitative estimate of drug-likeness (QED) is 0.0918. The number of carbonyl (C=O) groups is 2. The first-order valence-corrected chi connectivity index (χ1v) is 21.4. The SMILES string of the molecule is CC=C(C)C(=O)OC1CC2C(O)C3C(=O)CC(CO)OC3C(C3C4CCNC(N)C4C=CC3(CO)C3CCCC(O)C3)C2OC1(C)CCC1CCC(N)[NH2+]C1. The van der Waals surface area contributed by atoms with Gasteiger partial charge in [-0.1, -0.05) is 24.6 Å². The minimum Gasteiger partial charge on any atom is -0.456 e. The predicted octanol–water partition coefficient (Wildman–Crippen LogP) is 0.619. The van der Waals surface area contributed by atoms with Gasteiger partial charge < -0.3 is 51.0 Å². The number of rotatable bonds is 9. The number of nitrogens with one attached hydrogen (secondary N) is 1. The first kappa shape index (κ1) is 41.4. The van der Waals surface area contributed by atoms with E-state index in [4.69, 9.17) is 25.7 Å². The number of carbonyl (C=O) groups excluding carboxylic acids is 2. The lowest BCUT2D eigenvalue weighted by Crippen LogP contribution is -2.95. The average Bonchev–Trinajstić information content (AvgIpc) is 3.18. The maximum absolute atomic E-state index is 14.2. The molecule has 55 heavy (non-hydrogen) atoms. The van der Waals surface area contributed by atoms with Crippen molar-refractivity contribution >= 4 is 11.8 Å². The zero-order valence-electron chi connectivity index (χ0n) is 33.1. The summed E-state index contributed by atoms with van der Waals surface area (Å²) < 4.78 is 20.6. The molecule has 0 spiro atoms. The van der Waals surface area contributed by atoms with E-state index in [1.54, 1.807) is 19.9 Å². The molecule has 6 fully saturated rings. The Morgan fingerprint density at radius 3 is 2.60 bits per heavy atom. The normalized spacial score (nSPS) is 49.0. The van der Waals surface area contributed by atoms with Crippen LogP contribution in [0.2, 0.25) is 0 Å². The molecule has 11 N–H and O–H groups in total. The van der Waals surface area contributed by atoms with Crippen LogP contribution in [0.25, 0.3) is 0 Å². The molecule has 4 aliphatic heterocycles. The molecule has 310 valence electrons. The lowest BCUT2D eigenvalue weighted by Gasteiger charge is -2.64. The van der Waals surface area contributed by atoms with Crippen LogP contribution in [-0.4, -0.2) is 113 Å². The minimum absolute atomic E-state index is 0.0102. The lowest BCUT2D eigenvalue weighted by atomic mass is 9.46. The number of ketones is 1. The third kappa shape index (κ3) is 7.77. The number of nitrogens with two attached hydrogens (primary N) is 3. The van der Waals surface area contributed by atoms with E-state index in [1.165, 1.54) is 0 Å². The van der Waals surface area contributed by atoms with E-state index >= 15 is 0 Å². The first-order valence-electron chi connectivity index (χ1n) is 21.4. The van der Waals surface area contributed by atoms with Gasteiger partial charge in [-0.3, -0.25) is 10.5 Å². The molecule has 4 saturated heterocycles. The molecule has 7 rings (SSSR count). The van der Waals surface area contributed by atoms with E-state index in [2.05, 4.69) is 22.8 Å². The standard InChI is InChI=1S/C42H68N4O9/c1-4-22(2)40(52)54-31-18-29-36(51)33-30(50)17-26(20-47)53-38(33)34(37(29)55-41(31,3)13-10-23-8-9-32(43)46-19-23)35-27-12-15-45-39(44)28(27)11-14-42(35,21-48)24-6-5-7-25(49)16-24/h4,11,14,23-29,31-39,45-49,51H,5-10,12-13,15-21,43-44H2,1-3H3/p+1. The number of allylic oxidation sites excluding steroid dienone is 1. The highest BCUT2D eigenvalue weighted by atomic mass is 16.6. The zero-order valence-corrected chi connectivity index (χ0v) is 33.1. The van der Waals surface area contributed by atoms with Crippen LogP contribution in [0.1, 0.15) is 91.4 Å². The summed E-state index contributed by atoms with van der Waals surface area (Å²) in [5.74, 6) is -2.55. The molecule has 0 radical (unpaired) electrons. The summed E-state index contributed by atoms with van der Waals surface area (Å²) in [6.07, 6.45) is 8.76. The number of esters is 1. The highest BCUT2D eigenvalue weighted by Gasteiger charge is 2.67. The number of hydrogen-bond acceptors (Lipinski definition) is 12. The van der Waals surface area contributed by atoms with Crippen molar-refractivity contribution in [3.8, 4) is 0 Å². The van der Waals surface area contributed by atoms with Gasteiger partial charge in [-0.15, -0.1) is 0 Å². The van der Waals surface area contributed by atoms with Crippen LogP contribution in [0, 0.1) is 52.8 Å². The number of fused-ring (bicyclic) bond motifs is 3. The van der Waals surface area contributed by atoms with E-state index < -0.39 is 71.4 Å². The van der Waals surface area contributed by atoms with Gasteiger partial charge in [0.15, 0.2) is 0 Å². The van der Waals surface area contributed by atoms with Crippen molar-refractivity contribution in [3.05, 3.63) is 23.8 Å². The van der Waals surface area contributed by atoms with Crippen molar-refractivity contribution in [2.45, 2.75) is 146 Å². The maximum Gasteiger partial charge on any atom is 0.333 e. The molecule has 0 aromatic rings. The predicted molar refractivity (Wildman–Crippen MR) is 203 cm³/mol. The molecule has 0 aromatic heterocycles. The van der Waals surface area contributed by atoms with Crippen LogP contribution >= 0.6 is 0 Å². The molecular weight excluding hydrogens is 704 g/mol. The Kier molecular flexibility index (Phi) is 12.7. The highest BCUT2D eigenvalue weighted by molar-refractivity contribution is 5.87. The molecule has 0 aromatic carbocycles. The van der Waals surface area contributed by atoms with Crippen LogP contribution in [-0.2, 0) is 23.8 Å². The van der Waals surface area contributed by atoms with E-state index in [9.17, 15) is 30.0 Å². The second-order valence-electron chi connectivity index (χ2n) is 18.6. The molecule has 13 nitrogen and oxygen atoms in total. The molecule has 18 unspecified atom stereocenters. The summed E-state index contributed by atoms with van der Waals surface area (Å²) in [7, 11) is 0. The van der Waals surface area contributed by atoms with E-state index in [1.807, 2.05) is 6.92 Å². The fraction of sp³-hybridized carbons (Fsp3) is 0.857. The monoisotopic (exact) mass is 774 g/mol. The molecule has 7 aliphatic rings. The number of ether oxygens (including phenoxy) is 3. The Hall–Kier alpha value is -1.78. The molecule has 4 heterocycles. The van der Waals surface area contributed by atoms with Gasteiger partial charge >= 0.3 is 5.97 Å². The summed E-state index contributed by atoms with van der Waals surface area (Å²) in [4.78, 5) is 27.7. The summed E-state index contributed by atoms with van der Waals surface area (Å²) in [6.45, 7) is 6.66. The first-order chi connectivity index (χ1) is 26.3. The third-order valence-corrected chi connectivity index (χ3v) is 15.6. The molecule has 0 bridgehead atoms. The molecule has 2 saturated carbocycles.